The summed E-state index contributed by atoms with van der Waals surface area (Å²) in [6.45, 7) is 10.3. The molecule has 0 aliphatic rings. The molecule has 0 bridgehead atoms. The van der Waals surface area contributed by atoms with E-state index in [1.807, 2.05) is 6.92 Å². The van der Waals surface area contributed by atoms with Crippen molar-refractivity contribution >= 4 is 0 Å². The molecular weight excluding hydrogens is 222 g/mol. The third-order valence-corrected chi connectivity index (χ3v) is 3.14. The standard InChI is InChI=1S/C16H27NO/c1-5-8-9-15(17-6-2)14-12-13(4)10-11-16(14)18-7-3/h10-12,15,17H,5-9H2,1-4H3. The van der Waals surface area contributed by atoms with Gasteiger partial charge in [-0.1, -0.05) is 44.4 Å². The molecule has 0 radical (unpaired) electrons. The lowest BCUT2D eigenvalue weighted by Crippen LogP contribution is -2.21. The summed E-state index contributed by atoms with van der Waals surface area (Å²) < 4.78 is 5.76. The smallest absolute Gasteiger partial charge is 0.124 e. The maximum atomic E-state index is 5.76. The minimum atomic E-state index is 0.413. The van der Waals surface area contributed by atoms with E-state index in [2.05, 4.69) is 44.3 Å². The van der Waals surface area contributed by atoms with Crippen LogP contribution in [-0.4, -0.2) is 13.2 Å². The van der Waals surface area contributed by atoms with Gasteiger partial charge in [0.05, 0.1) is 6.61 Å². The number of nitrogens with one attached hydrogen (secondary N) is 1. The Balaban J connectivity index is 2.95. The van der Waals surface area contributed by atoms with E-state index in [-0.39, 0.29) is 0 Å². The molecule has 0 aromatic heterocycles. The van der Waals surface area contributed by atoms with Gasteiger partial charge in [-0.25, -0.2) is 0 Å². The number of unbranched alkanes of at least 4 members (excludes halogenated alkanes) is 1. The average Bonchev–Trinajstić information content (AvgIpc) is 2.37. The fraction of sp³-hybridized carbons (Fsp3) is 0.625. The molecule has 0 spiro atoms. The Kier molecular flexibility index (Phi) is 6.81. The van der Waals surface area contributed by atoms with Crippen molar-refractivity contribution < 1.29 is 4.74 Å². The largest absolute Gasteiger partial charge is 0.494 e. The van der Waals surface area contributed by atoms with Gasteiger partial charge in [0.1, 0.15) is 5.75 Å². The zero-order valence-electron chi connectivity index (χ0n) is 12.3. The summed E-state index contributed by atoms with van der Waals surface area (Å²) in [7, 11) is 0. The molecule has 1 N–H and O–H groups in total. The Labute approximate surface area is 112 Å². The Morgan fingerprint density at radius 3 is 2.61 bits per heavy atom. The van der Waals surface area contributed by atoms with Gasteiger partial charge in [0, 0.05) is 11.6 Å². The number of hydrogen-bond donors (Lipinski definition) is 1. The number of rotatable bonds is 8. The Bertz CT molecular complexity index is 349. The van der Waals surface area contributed by atoms with Crippen LogP contribution in [0.5, 0.6) is 5.75 Å². The zero-order valence-corrected chi connectivity index (χ0v) is 12.3. The molecule has 2 heteroatoms. The Morgan fingerprint density at radius 2 is 2.00 bits per heavy atom. The van der Waals surface area contributed by atoms with Crippen LogP contribution in [0.25, 0.3) is 0 Å². The second-order valence-corrected chi connectivity index (χ2v) is 4.73. The normalized spacial score (nSPS) is 12.4. The van der Waals surface area contributed by atoms with Crippen molar-refractivity contribution in [3.63, 3.8) is 0 Å². The van der Waals surface area contributed by atoms with E-state index in [9.17, 15) is 0 Å². The van der Waals surface area contributed by atoms with E-state index in [1.165, 1.54) is 30.4 Å². The lowest BCUT2D eigenvalue weighted by molar-refractivity contribution is 0.329. The van der Waals surface area contributed by atoms with Crippen molar-refractivity contribution in [3.8, 4) is 5.75 Å². The molecule has 18 heavy (non-hydrogen) atoms. The Hall–Kier alpha value is -1.02. The van der Waals surface area contributed by atoms with Crippen LogP contribution < -0.4 is 10.1 Å². The first kappa shape index (κ1) is 15.0. The SMILES string of the molecule is CCCCC(NCC)c1cc(C)ccc1OCC. The predicted molar refractivity (Wildman–Crippen MR) is 78.3 cm³/mol. The van der Waals surface area contributed by atoms with E-state index in [1.54, 1.807) is 0 Å². The van der Waals surface area contributed by atoms with E-state index in [0.29, 0.717) is 6.04 Å². The molecule has 0 aliphatic heterocycles. The first-order valence-corrected chi connectivity index (χ1v) is 7.19. The second kappa shape index (κ2) is 8.15. The van der Waals surface area contributed by atoms with Gasteiger partial charge in [0.25, 0.3) is 0 Å². The highest BCUT2D eigenvalue weighted by Crippen LogP contribution is 2.29. The topological polar surface area (TPSA) is 21.3 Å². The van der Waals surface area contributed by atoms with Crippen molar-refractivity contribution in [2.75, 3.05) is 13.2 Å². The fourth-order valence-electron chi connectivity index (χ4n) is 2.25. The third kappa shape index (κ3) is 4.34. The quantitative estimate of drug-likeness (QED) is 0.744. The predicted octanol–water partition coefficient (Wildman–Crippen LogP) is 4.23. The minimum absolute atomic E-state index is 0.413. The fourth-order valence-corrected chi connectivity index (χ4v) is 2.25. The summed E-state index contributed by atoms with van der Waals surface area (Å²) in [6.07, 6.45) is 3.66. The monoisotopic (exact) mass is 249 g/mol. The van der Waals surface area contributed by atoms with E-state index < -0.39 is 0 Å². The average molecular weight is 249 g/mol. The molecular formula is C16H27NO. The molecule has 1 unspecified atom stereocenters. The van der Waals surface area contributed by atoms with Crippen LogP contribution in [0.15, 0.2) is 18.2 Å². The summed E-state index contributed by atoms with van der Waals surface area (Å²) in [5.41, 5.74) is 2.61. The van der Waals surface area contributed by atoms with E-state index in [4.69, 9.17) is 4.74 Å². The number of benzene rings is 1. The molecule has 0 amide bonds. The van der Waals surface area contributed by atoms with Crippen molar-refractivity contribution in [3.05, 3.63) is 29.3 Å². The van der Waals surface area contributed by atoms with Gasteiger partial charge < -0.3 is 10.1 Å². The Morgan fingerprint density at radius 1 is 1.22 bits per heavy atom. The maximum absolute atomic E-state index is 5.76. The number of aryl methyl sites for hydroxylation is 1. The highest BCUT2D eigenvalue weighted by molar-refractivity contribution is 5.39. The van der Waals surface area contributed by atoms with Gasteiger partial charge in [0.15, 0.2) is 0 Å². The van der Waals surface area contributed by atoms with Crippen molar-refractivity contribution in [2.24, 2.45) is 0 Å². The summed E-state index contributed by atoms with van der Waals surface area (Å²) >= 11 is 0. The second-order valence-electron chi connectivity index (χ2n) is 4.73. The summed E-state index contributed by atoms with van der Waals surface area (Å²) in [4.78, 5) is 0. The molecule has 1 aromatic rings. The lowest BCUT2D eigenvalue weighted by atomic mass is 9.98. The first-order valence-electron chi connectivity index (χ1n) is 7.19. The molecule has 1 atom stereocenters. The minimum Gasteiger partial charge on any atom is -0.494 e. The van der Waals surface area contributed by atoms with E-state index in [0.717, 1.165) is 18.9 Å². The van der Waals surface area contributed by atoms with Gasteiger partial charge in [-0.15, -0.1) is 0 Å². The van der Waals surface area contributed by atoms with Crippen LogP contribution in [0, 0.1) is 6.92 Å². The van der Waals surface area contributed by atoms with Crippen molar-refractivity contribution in [1.29, 1.82) is 0 Å². The molecule has 0 saturated heterocycles. The van der Waals surface area contributed by atoms with Crippen LogP contribution in [0.1, 0.15) is 57.2 Å². The summed E-state index contributed by atoms with van der Waals surface area (Å²) in [6, 6.07) is 6.90. The van der Waals surface area contributed by atoms with Gasteiger partial charge in [-0.05, 0) is 32.9 Å². The van der Waals surface area contributed by atoms with Crippen LogP contribution in [0.4, 0.5) is 0 Å². The molecule has 1 rings (SSSR count). The van der Waals surface area contributed by atoms with Gasteiger partial charge in [-0.3, -0.25) is 0 Å². The van der Waals surface area contributed by atoms with Crippen LogP contribution in [-0.2, 0) is 0 Å². The number of ether oxygens (including phenoxy) is 1. The van der Waals surface area contributed by atoms with Gasteiger partial charge in [-0.2, -0.15) is 0 Å². The highest BCUT2D eigenvalue weighted by atomic mass is 16.5. The van der Waals surface area contributed by atoms with Crippen molar-refractivity contribution in [1.82, 2.24) is 5.32 Å². The van der Waals surface area contributed by atoms with Crippen LogP contribution >= 0.6 is 0 Å². The molecule has 0 aliphatic carbocycles. The highest BCUT2D eigenvalue weighted by Gasteiger charge is 2.15. The van der Waals surface area contributed by atoms with Gasteiger partial charge >= 0.3 is 0 Å². The van der Waals surface area contributed by atoms with Crippen LogP contribution in [0.2, 0.25) is 0 Å². The van der Waals surface area contributed by atoms with Gasteiger partial charge in [0.2, 0.25) is 0 Å². The van der Waals surface area contributed by atoms with Crippen LogP contribution in [0.3, 0.4) is 0 Å². The molecule has 2 nitrogen and oxygen atoms in total. The molecule has 1 aromatic carbocycles. The molecule has 0 heterocycles. The van der Waals surface area contributed by atoms with Crippen molar-refractivity contribution in [2.45, 2.75) is 53.0 Å². The third-order valence-electron chi connectivity index (χ3n) is 3.14. The summed E-state index contributed by atoms with van der Waals surface area (Å²) in [5.74, 6) is 1.03. The number of hydrogen-bond acceptors (Lipinski definition) is 2. The molecule has 0 saturated carbocycles. The summed E-state index contributed by atoms with van der Waals surface area (Å²) in [5, 5.41) is 3.58. The zero-order chi connectivity index (χ0) is 13.4. The maximum Gasteiger partial charge on any atom is 0.124 e. The lowest BCUT2D eigenvalue weighted by Gasteiger charge is -2.21. The first-order chi connectivity index (χ1) is 8.72. The van der Waals surface area contributed by atoms with E-state index >= 15 is 0 Å². The molecule has 102 valence electrons. The molecule has 0 fully saturated rings.